The van der Waals surface area contributed by atoms with Crippen LogP contribution in [0.5, 0.6) is 0 Å². The number of hydrogen-bond acceptors (Lipinski definition) is 2. The molecule has 0 saturated carbocycles. The fraction of sp³-hybridized carbons (Fsp3) is 1.00. The fourth-order valence-corrected chi connectivity index (χ4v) is 2.73. The van der Waals surface area contributed by atoms with Crippen LogP contribution in [0.4, 0.5) is 0 Å². The molecular weight excluding hydrogens is 162 g/mol. The van der Waals surface area contributed by atoms with Crippen LogP contribution in [-0.2, 0) is 4.74 Å². The van der Waals surface area contributed by atoms with Gasteiger partial charge in [-0.05, 0) is 38.6 Å². The number of piperidine rings is 1. The highest BCUT2D eigenvalue weighted by Crippen LogP contribution is 2.25. The molecule has 0 aromatic carbocycles. The second-order valence-electron chi connectivity index (χ2n) is 4.67. The summed E-state index contributed by atoms with van der Waals surface area (Å²) in [4.78, 5) is 2.64. The summed E-state index contributed by atoms with van der Waals surface area (Å²) in [6.45, 7) is 8.14. The van der Waals surface area contributed by atoms with Crippen LogP contribution in [0.15, 0.2) is 0 Å². The second-order valence-corrected chi connectivity index (χ2v) is 4.67. The first-order chi connectivity index (χ1) is 6.27. The molecule has 3 atom stereocenters. The molecule has 76 valence electrons. The Morgan fingerprint density at radius 2 is 2.08 bits per heavy atom. The van der Waals surface area contributed by atoms with Crippen LogP contribution in [0.3, 0.4) is 0 Å². The highest BCUT2D eigenvalue weighted by atomic mass is 16.5. The van der Waals surface area contributed by atoms with Crippen molar-refractivity contribution in [3.05, 3.63) is 0 Å². The molecule has 0 aromatic heterocycles. The summed E-state index contributed by atoms with van der Waals surface area (Å²) in [5.74, 6) is 0.890. The zero-order valence-electron chi connectivity index (χ0n) is 8.83. The summed E-state index contributed by atoms with van der Waals surface area (Å²) in [5.41, 5.74) is 0. The molecule has 2 heteroatoms. The predicted molar refractivity (Wildman–Crippen MR) is 53.8 cm³/mol. The molecular formula is C11H21NO. The lowest BCUT2D eigenvalue weighted by atomic mass is 9.97. The van der Waals surface area contributed by atoms with Gasteiger partial charge in [0, 0.05) is 19.2 Å². The van der Waals surface area contributed by atoms with E-state index >= 15 is 0 Å². The first kappa shape index (κ1) is 9.47. The Labute approximate surface area is 81.3 Å². The molecule has 0 N–H and O–H groups in total. The molecule has 2 aliphatic rings. The van der Waals surface area contributed by atoms with Crippen molar-refractivity contribution in [2.75, 3.05) is 19.7 Å². The third kappa shape index (κ3) is 2.05. The van der Waals surface area contributed by atoms with Crippen molar-refractivity contribution in [1.82, 2.24) is 4.90 Å². The molecule has 0 bridgehead atoms. The van der Waals surface area contributed by atoms with Crippen LogP contribution in [0.25, 0.3) is 0 Å². The van der Waals surface area contributed by atoms with Gasteiger partial charge in [-0.15, -0.1) is 0 Å². The van der Waals surface area contributed by atoms with Crippen LogP contribution in [0.1, 0.15) is 33.1 Å². The zero-order chi connectivity index (χ0) is 9.26. The molecule has 2 nitrogen and oxygen atoms in total. The van der Waals surface area contributed by atoms with Gasteiger partial charge >= 0.3 is 0 Å². The second kappa shape index (κ2) is 3.97. The minimum absolute atomic E-state index is 0.463. The smallest absolute Gasteiger partial charge is 0.0703 e. The van der Waals surface area contributed by atoms with Crippen molar-refractivity contribution in [3.8, 4) is 0 Å². The van der Waals surface area contributed by atoms with Crippen molar-refractivity contribution in [3.63, 3.8) is 0 Å². The highest BCUT2D eigenvalue weighted by Gasteiger charge is 2.31. The average Bonchev–Trinajstić information content (AvgIpc) is 2.51. The topological polar surface area (TPSA) is 12.5 Å². The van der Waals surface area contributed by atoms with Gasteiger partial charge in [0.25, 0.3) is 0 Å². The molecule has 2 rings (SSSR count). The highest BCUT2D eigenvalue weighted by molar-refractivity contribution is 4.84. The SMILES string of the molecule is CC1CCCN(C2CCOC2C)C1. The lowest BCUT2D eigenvalue weighted by molar-refractivity contribution is 0.0554. The van der Waals surface area contributed by atoms with Gasteiger partial charge in [-0.1, -0.05) is 6.92 Å². The molecule has 2 fully saturated rings. The van der Waals surface area contributed by atoms with Crippen molar-refractivity contribution in [2.45, 2.75) is 45.3 Å². The van der Waals surface area contributed by atoms with E-state index in [0.717, 1.165) is 12.5 Å². The monoisotopic (exact) mass is 183 g/mol. The number of hydrogen-bond donors (Lipinski definition) is 0. The Balaban J connectivity index is 1.91. The van der Waals surface area contributed by atoms with E-state index in [9.17, 15) is 0 Å². The van der Waals surface area contributed by atoms with Gasteiger partial charge in [-0.3, -0.25) is 4.90 Å². The van der Waals surface area contributed by atoms with Crippen LogP contribution < -0.4 is 0 Å². The largest absolute Gasteiger partial charge is 0.377 e. The summed E-state index contributed by atoms with van der Waals surface area (Å²) >= 11 is 0. The molecule has 0 aliphatic carbocycles. The summed E-state index contributed by atoms with van der Waals surface area (Å²) in [7, 11) is 0. The number of nitrogens with zero attached hydrogens (tertiary/aromatic N) is 1. The van der Waals surface area contributed by atoms with E-state index in [0.29, 0.717) is 12.1 Å². The summed E-state index contributed by atoms with van der Waals surface area (Å²) in [6.07, 6.45) is 4.50. The molecule has 0 aromatic rings. The molecule has 0 spiro atoms. The van der Waals surface area contributed by atoms with E-state index in [1.807, 2.05) is 0 Å². The van der Waals surface area contributed by atoms with Gasteiger partial charge in [0.15, 0.2) is 0 Å². The molecule has 13 heavy (non-hydrogen) atoms. The van der Waals surface area contributed by atoms with E-state index in [1.54, 1.807) is 0 Å². The van der Waals surface area contributed by atoms with Crippen LogP contribution in [0.2, 0.25) is 0 Å². The van der Waals surface area contributed by atoms with E-state index in [2.05, 4.69) is 18.7 Å². The van der Waals surface area contributed by atoms with Gasteiger partial charge in [-0.25, -0.2) is 0 Å². The minimum atomic E-state index is 0.463. The number of likely N-dealkylation sites (tertiary alicyclic amines) is 1. The van der Waals surface area contributed by atoms with E-state index in [1.165, 1.54) is 32.4 Å². The van der Waals surface area contributed by atoms with Gasteiger partial charge in [0.1, 0.15) is 0 Å². The zero-order valence-corrected chi connectivity index (χ0v) is 8.83. The number of ether oxygens (including phenoxy) is 1. The lowest BCUT2D eigenvalue weighted by Gasteiger charge is -2.36. The average molecular weight is 183 g/mol. The quantitative estimate of drug-likeness (QED) is 0.615. The third-order valence-electron chi connectivity index (χ3n) is 3.49. The van der Waals surface area contributed by atoms with Gasteiger partial charge in [0.05, 0.1) is 6.10 Å². The fourth-order valence-electron chi connectivity index (χ4n) is 2.73. The predicted octanol–water partition coefficient (Wildman–Crippen LogP) is 1.90. The van der Waals surface area contributed by atoms with E-state index < -0.39 is 0 Å². The normalized spacial score (nSPS) is 42.5. The van der Waals surface area contributed by atoms with Crippen molar-refractivity contribution in [1.29, 1.82) is 0 Å². The summed E-state index contributed by atoms with van der Waals surface area (Å²) < 4.78 is 5.61. The molecule has 0 radical (unpaired) electrons. The van der Waals surface area contributed by atoms with E-state index in [-0.39, 0.29) is 0 Å². The minimum Gasteiger partial charge on any atom is -0.377 e. The Morgan fingerprint density at radius 1 is 1.23 bits per heavy atom. The Kier molecular flexibility index (Phi) is 2.89. The summed E-state index contributed by atoms with van der Waals surface area (Å²) in [6, 6.07) is 0.711. The molecule has 0 amide bonds. The van der Waals surface area contributed by atoms with Gasteiger partial charge < -0.3 is 4.74 Å². The third-order valence-corrected chi connectivity index (χ3v) is 3.49. The Morgan fingerprint density at radius 3 is 2.69 bits per heavy atom. The Bertz CT molecular complexity index is 171. The van der Waals surface area contributed by atoms with E-state index in [4.69, 9.17) is 4.74 Å². The van der Waals surface area contributed by atoms with Crippen LogP contribution >= 0.6 is 0 Å². The maximum atomic E-state index is 5.61. The number of rotatable bonds is 1. The molecule has 3 unspecified atom stereocenters. The standard InChI is InChI=1S/C11H21NO/c1-9-4-3-6-12(8-9)11-5-7-13-10(11)2/h9-11H,3-8H2,1-2H3. The van der Waals surface area contributed by atoms with Gasteiger partial charge in [0.2, 0.25) is 0 Å². The Hall–Kier alpha value is -0.0800. The van der Waals surface area contributed by atoms with Crippen molar-refractivity contribution < 1.29 is 4.74 Å². The van der Waals surface area contributed by atoms with Crippen molar-refractivity contribution in [2.24, 2.45) is 5.92 Å². The first-order valence-electron chi connectivity index (χ1n) is 5.63. The van der Waals surface area contributed by atoms with Gasteiger partial charge in [-0.2, -0.15) is 0 Å². The van der Waals surface area contributed by atoms with Crippen molar-refractivity contribution >= 4 is 0 Å². The maximum Gasteiger partial charge on any atom is 0.0703 e. The molecule has 2 aliphatic heterocycles. The molecule has 2 heterocycles. The first-order valence-corrected chi connectivity index (χ1v) is 5.63. The molecule has 2 saturated heterocycles. The lowest BCUT2D eigenvalue weighted by Crippen LogP contribution is -2.45. The maximum absolute atomic E-state index is 5.61. The van der Waals surface area contributed by atoms with Crippen LogP contribution in [0, 0.1) is 5.92 Å². The summed E-state index contributed by atoms with van der Waals surface area (Å²) in [5, 5.41) is 0. The van der Waals surface area contributed by atoms with Crippen LogP contribution in [-0.4, -0.2) is 36.7 Å².